The summed E-state index contributed by atoms with van der Waals surface area (Å²) in [6, 6.07) is 5.42. The first-order chi connectivity index (χ1) is 9.19. The smallest absolute Gasteiger partial charge is 0.123 e. The second-order valence-corrected chi connectivity index (χ2v) is 5.34. The van der Waals surface area contributed by atoms with Crippen LogP contribution in [-0.2, 0) is 6.54 Å². The minimum Gasteiger partial charge on any atom is -0.508 e. The molecule has 106 valence electrons. The minimum absolute atomic E-state index is 0.112. The molecule has 0 aromatic heterocycles. The van der Waals surface area contributed by atoms with E-state index in [-0.39, 0.29) is 11.5 Å². The summed E-state index contributed by atoms with van der Waals surface area (Å²) in [5.41, 5.74) is 0.879. The quantitative estimate of drug-likeness (QED) is 0.736. The van der Waals surface area contributed by atoms with Crippen molar-refractivity contribution in [2.24, 2.45) is 0 Å². The summed E-state index contributed by atoms with van der Waals surface area (Å²) in [7, 11) is 0. The van der Waals surface area contributed by atoms with Gasteiger partial charge >= 0.3 is 0 Å². The van der Waals surface area contributed by atoms with Crippen LogP contribution in [0.15, 0.2) is 18.2 Å². The van der Waals surface area contributed by atoms with Gasteiger partial charge in [-0.3, -0.25) is 4.90 Å². The third-order valence-electron chi connectivity index (χ3n) is 3.64. The fraction of sp³-hybridized carbons (Fsp3) is 0.600. The van der Waals surface area contributed by atoms with Gasteiger partial charge < -0.3 is 15.5 Å². The Bertz CT molecular complexity index is 403. The maximum Gasteiger partial charge on any atom is 0.123 e. The molecule has 0 aliphatic carbocycles. The van der Waals surface area contributed by atoms with Gasteiger partial charge in [0.1, 0.15) is 11.5 Å². The normalized spacial score (nSPS) is 19.2. The van der Waals surface area contributed by atoms with Crippen LogP contribution in [0.2, 0.25) is 0 Å². The van der Waals surface area contributed by atoms with Gasteiger partial charge in [-0.2, -0.15) is 0 Å². The van der Waals surface area contributed by atoms with Gasteiger partial charge in [-0.05, 0) is 38.4 Å². The summed E-state index contributed by atoms with van der Waals surface area (Å²) < 4.78 is 0. The minimum atomic E-state index is 0.112. The van der Waals surface area contributed by atoms with Gasteiger partial charge in [0.15, 0.2) is 0 Å². The molecular formula is C15H24N2O2. The molecule has 0 amide bonds. The van der Waals surface area contributed by atoms with Gasteiger partial charge in [0.2, 0.25) is 0 Å². The lowest BCUT2D eigenvalue weighted by atomic mass is 10.1. The fourth-order valence-corrected chi connectivity index (χ4v) is 2.70. The highest BCUT2D eigenvalue weighted by Crippen LogP contribution is 2.24. The Morgan fingerprint density at radius 3 is 2.84 bits per heavy atom. The first-order valence-corrected chi connectivity index (χ1v) is 7.15. The van der Waals surface area contributed by atoms with E-state index in [1.54, 1.807) is 12.1 Å². The number of benzene rings is 1. The predicted octanol–water partition coefficient (Wildman–Crippen LogP) is 2.06. The molecule has 19 heavy (non-hydrogen) atoms. The van der Waals surface area contributed by atoms with E-state index in [0.29, 0.717) is 6.04 Å². The topological polar surface area (TPSA) is 55.7 Å². The maximum atomic E-state index is 9.87. The molecule has 0 radical (unpaired) electrons. The number of hydrogen-bond donors (Lipinski definition) is 3. The molecule has 0 bridgehead atoms. The Kier molecular flexibility index (Phi) is 5.05. The van der Waals surface area contributed by atoms with Gasteiger partial charge in [0.25, 0.3) is 0 Å². The molecule has 1 atom stereocenters. The van der Waals surface area contributed by atoms with E-state index in [0.717, 1.165) is 38.2 Å². The summed E-state index contributed by atoms with van der Waals surface area (Å²) in [6.45, 7) is 6.08. The van der Waals surface area contributed by atoms with E-state index in [1.165, 1.54) is 18.9 Å². The Morgan fingerprint density at radius 2 is 2.21 bits per heavy atom. The number of nitrogens with one attached hydrogen (secondary N) is 1. The first kappa shape index (κ1) is 14.2. The van der Waals surface area contributed by atoms with E-state index >= 15 is 0 Å². The lowest BCUT2D eigenvalue weighted by Crippen LogP contribution is -2.37. The van der Waals surface area contributed by atoms with Crippen LogP contribution in [0.1, 0.15) is 31.7 Å². The Hall–Kier alpha value is -1.26. The number of phenolic OH excluding ortho intramolecular Hbond substituents is 2. The molecule has 4 nitrogen and oxygen atoms in total. The Labute approximate surface area is 115 Å². The summed E-state index contributed by atoms with van der Waals surface area (Å²) in [4.78, 5) is 2.37. The number of nitrogens with zero attached hydrogens (tertiary/aromatic N) is 1. The summed E-state index contributed by atoms with van der Waals surface area (Å²) in [5, 5.41) is 22.7. The largest absolute Gasteiger partial charge is 0.508 e. The van der Waals surface area contributed by atoms with Crippen molar-refractivity contribution in [2.45, 2.75) is 38.8 Å². The van der Waals surface area contributed by atoms with E-state index in [9.17, 15) is 10.2 Å². The van der Waals surface area contributed by atoms with Crippen LogP contribution in [0.4, 0.5) is 0 Å². The van der Waals surface area contributed by atoms with Crippen molar-refractivity contribution in [1.82, 2.24) is 10.2 Å². The zero-order valence-electron chi connectivity index (χ0n) is 11.6. The van der Waals surface area contributed by atoms with Gasteiger partial charge in [0.05, 0.1) is 0 Å². The zero-order chi connectivity index (χ0) is 13.7. The molecule has 0 saturated carbocycles. The molecule has 3 N–H and O–H groups in total. The molecule has 0 spiro atoms. The average molecular weight is 264 g/mol. The highest BCUT2D eigenvalue weighted by atomic mass is 16.3. The van der Waals surface area contributed by atoms with Crippen LogP contribution in [0.25, 0.3) is 0 Å². The van der Waals surface area contributed by atoms with Gasteiger partial charge in [-0.1, -0.05) is 13.0 Å². The number of hydrogen-bond acceptors (Lipinski definition) is 4. The predicted molar refractivity (Wildman–Crippen MR) is 76.4 cm³/mol. The zero-order valence-corrected chi connectivity index (χ0v) is 11.6. The van der Waals surface area contributed by atoms with Gasteiger partial charge in [0, 0.05) is 30.8 Å². The second-order valence-electron chi connectivity index (χ2n) is 5.34. The van der Waals surface area contributed by atoms with Crippen LogP contribution in [-0.4, -0.2) is 40.8 Å². The van der Waals surface area contributed by atoms with Crippen molar-refractivity contribution in [3.63, 3.8) is 0 Å². The van der Waals surface area contributed by atoms with Gasteiger partial charge in [-0.25, -0.2) is 0 Å². The van der Waals surface area contributed by atoms with E-state index in [1.807, 2.05) is 0 Å². The fourth-order valence-electron chi connectivity index (χ4n) is 2.70. The molecule has 1 aliphatic heterocycles. The number of aromatic hydroxyl groups is 2. The van der Waals surface area contributed by atoms with Crippen molar-refractivity contribution >= 4 is 0 Å². The Morgan fingerprint density at radius 1 is 1.37 bits per heavy atom. The second kappa shape index (κ2) is 6.78. The monoisotopic (exact) mass is 264 g/mol. The van der Waals surface area contributed by atoms with Crippen LogP contribution >= 0.6 is 0 Å². The van der Waals surface area contributed by atoms with Crippen molar-refractivity contribution in [2.75, 3.05) is 19.6 Å². The molecule has 1 aromatic carbocycles. The SMILES string of the molecule is CCCN(Cc1ccc(O)cc1O)CC1CCCN1. The third-order valence-corrected chi connectivity index (χ3v) is 3.64. The molecule has 1 aromatic rings. The van der Waals surface area contributed by atoms with E-state index in [2.05, 4.69) is 17.1 Å². The molecule has 2 rings (SSSR count). The summed E-state index contributed by atoms with van der Waals surface area (Å²) in [5.74, 6) is 0.293. The third kappa shape index (κ3) is 4.11. The highest BCUT2D eigenvalue weighted by Gasteiger charge is 2.18. The van der Waals surface area contributed by atoms with Crippen LogP contribution < -0.4 is 5.32 Å². The lowest BCUT2D eigenvalue weighted by molar-refractivity contribution is 0.238. The van der Waals surface area contributed by atoms with E-state index in [4.69, 9.17) is 0 Å². The lowest BCUT2D eigenvalue weighted by Gasteiger charge is -2.25. The van der Waals surface area contributed by atoms with Gasteiger partial charge in [-0.15, -0.1) is 0 Å². The number of phenols is 2. The molecule has 1 fully saturated rings. The standard InChI is InChI=1S/C15H24N2O2/c1-2-8-17(11-13-4-3-7-16-13)10-12-5-6-14(18)9-15(12)19/h5-6,9,13,16,18-19H,2-4,7-8,10-11H2,1H3. The average Bonchev–Trinajstić information content (AvgIpc) is 2.86. The molecule has 1 heterocycles. The molecule has 1 aliphatic rings. The van der Waals surface area contributed by atoms with Crippen LogP contribution in [0, 0.1) is 0 Å². The number of rotatable bonds is 6. The molecule has 4 heteroatoms. The van der Waals surface area contributed by atoms with Crippen molar-refractivity contribution in [3.8, 4) is 11.5 Å². The molecule has 1 unspecified atom stereocenters. The van der Waals surface area contributed by atoms with Crippen LogP contribution in [0.3, 0.4) is 0 Å². The molecule has 1 saturated heterocycles. The summed E-state index contributed by atoms with van der Waals surface area (Å²) >= 11 is 0. The van der Waals surface area contributed by atoms with Crippen molar-refractivity contribution in [1.29, 1.82) is 0 Å². The molecular weight excluding hydrogens is 240 g/mol. The Balaban J connectivity index is 1.98. The van der Waals surface area contributed by atoms with Crippen LogP contribution in [0.5, 0.6) is 11.5 Å². The van der Waals surface area contributed by atoms with Crippen molar-refractivity contribution < 1.29 is 10.2 Å². The maximum absolute atomic E-state index is 9.87. The first-order valence-electron chi connectivity index (χ1n) is 7.15. The van der Waals surface area contributed by atoms with Crippen molar-refractivity contribution in [3.05, 3.63) is 23.8 Å². The van der Waals surface area contributed by atoms with E-state index < -0.39 is 0 Å². The summed E-state index contributed by atoms with van der Waals surface area (Å²) in [6.07, 6.45) is 3.60. The highest BCUT2D eigenvalue weighted by molar-refractivity contribution is 5.38.